The highest BCUT2D eigenvalue weighted by atomic mass is 35.5. The molecule has 1 N–H and O–H groups in total. The fourth-order valence-corrected chi connectivity index (χ4v) is 10.5. The van der Waals surface area contributed by atoms with E-state index in [0.717, 1.165) is 20.8 Å². The number of carbonyl (C=O) groups is 1. The van der Waals surface area contributed by atoms with Gasteiger partial charge in [-0.2, -0.15) is 0 Å². The van der Waals surface area contributed by atoms with Crippen molar-refractivity contribution in [2.45, 2.75) is 4.90 Å². The van der Waals surface area contributed by atoms with Gasteiger partial charge in [0.05, 0.1) is 0 Å². The molecule has 0 aliphatic rings. The first-order valence-electron chi connectivity index (χ1n) is 12.3. The van der Waals surface area contributed by atoms with Gasteiger partial charge in [0.2, 0.25) is 5.44 Å². The van der Waals surface area contributed by atoms with Gasteiger partial charge in [-0.25, -0.2) is 0 Å². The molecular formula is C33H25Cl3NOPS. The normalized spacial score (nSPS) is 11.7. The van der Waals surface area contributed by atoms with Gasteiger partial charge in [0.15, 0.2) is 7.26 Å². The average Bonchev–Trinajstić information content (AvgIpc) is 3.00. The standard InChI is InChI=1S/C33H24Cl2NOPS.ClH/c34-26-21-23-30(24-22-26)39-31(35)33(36-32(37)25-13-5-1-6-14-25)38(27-15-7-2-8-16-27,28-17-9-3-10-18-28)29-19-11-4-12-20-29;/h1-24H;1H. The number of amides is 1. The monoisotopic (exact) mass is 619 g/mol. The highest BCUT2D eigenvalue weighted by Gasteiger charge is 2.52. The lowest BCUT2D eigenvalue weighted by molar-refractivity contribution is -0.0000155. The minimum Gasteiger partial charge on any atom is -1.00 e. The van der Waals surface area contributed by atoms with E-state index in [1.54, 1.807) is 12.1 Å². The number of carbonyl (C=O) groups excluding carboxylic acids is 1. The van der Waals surface area contributed by atoms with Crippen LogP contribution in [0.4, 0.5) is 0 Å². The summed E-state index contributed by atoms with van der Waals surface area (Å²) in [4.78, 5) is 14.7. The SMILES string of the molecule is O=C(NC(=C(Cl)Sc1ccc(Cl)cc1)[P+](c1ccccc1)(c1ccccc1)c1ccccc1)c1ccccc1.[Cl-]. The largest absolute Gasteiger partial charge is 1.00 e. The molecule has 5 aromatic rings. The molecule has 0 atom stereocenters. The molecule has 5 aromatic carbocycles. The molecule has 0 spiro atoms. The second-order valence-corrected chi connectivity index (χ2v) is 14.1. The molecular weight excluding hydrogens is 596 g/mol. The molecule has 5 rings (SSSR count). The van der Waals surface area contributed by atoms with E-state index in [-0.39, 0.29) is 18.3 Å². The third kappa shape index (κ3) is 6.47. The molecule has 2 nitrogen and oxygen atoms in total. The lowest BCUT2D eigenvalue weighted by atomic mass is 10.2. The van der Waals surface area contributed by atoms with Crippen LogP contribution < -0.4 is 33.6 Å². The van der Waals surface area contributed by atoms with Crippen LogP contribution >= 0.6 is 42.2 Å². The van der Waals surface area contributed by atoms with Crippen molar-refractivity contribution in [1.82, 2.24) is 5.32 Å². The molecule has 0 unspecified atom stereocenters. The van der Waals surface area contributed by atoms with Gasteiger partial charge in [-0.3, -0.25) is 10.1 Å². The smallest absolute Gasteiger partial charge is 0.258 e. The van der Waals surface area contributed by atoms with Gasteiger partial charge in [-0.15, -0.1) is 0 Å². The van der Waals surface area contributed by atoms with Crippen LogP contribution in [0.15, 0.2) is 160 Å². The van der Waals surface area contributed by atoms with Gasteiger partial charge in [0, 0.05) is 15.5 Å². The maximum absolute atomic E-state index is 13.8. The molecule has 0 fully saturated rings. The van der Waals surface area contributed by atoms with Crippen molar-refractivity contribution in [2.24, 2.45) is 0 Å². The first-order chi connectivity index (χ1) is 19.1. The Balaban J connectivity index is 0.00000370. The number of benzene rings is 5. The molecule has 0 aliphatic heterocycles. The first kappa shape index (κ1) is 29.9. The second kappa shape index (κ2) is 14.0. The van der Waals surface area contributed by atoms with Crippen LogP contribution in [0.25, 0.3) is 0 Å². The maximum atomic E-state index is 13.8. The minimum atomic E-state index is -2.67. The lowest BCUT2D eigenvalue weighted by Crippen LogP contribution is -3.00. The van der Waals surface area contributed by atoms with Gasteiger partial charge in [0.1, 0.15) is 20.3 Å². The van der Waals surface area contributed by atoms with Crippen LogP contribution in [0.2, 0.25) is 5.02 Å². The quantitative estimate of drug-likeness (QED) is 0.190. The molecule has 7 heteroatoms. The second-order valence-electron chi connectivity index (χ2n) is 8.68. The van der Waals surface area contributed by atoms with E-state index in [1.165, 1.54) is 11.8 Å². The van der Waals surface area contributed by atoms with Crippen molar-refractivity contribution in [3.8, 4) is 0 Å². The summed E-state index contributed by atoms with van der Waals surface area (Å²) < 4.78 is 0.492. The fourth-order valence-electron chi connectivity index (χ4n) is 4.48. The molecule has 0 radical (unpaired) electrons. The fraction of sp³-hybridized carbons (Fsp3) is 0. The molecule has 0 heterocycles. The van der Waals surface area contributed by atoms with Crippen molar-refractivity contribution >= 4 is 64.0 Å². The molecule has 0 bridgehead atoms. The van der Waals surface area contributed by atoms with E-state index in [0.29, 0.717) is 20.4 Å². The molecule has 0 aromatic heterocycles. The predicted octanol–water partition coefficient (Wildman–Crippen LogP) is 5.23. The van der Waals surface area contributed by atoms with Crippen molar-refractivity contribution < 1.29 is 17.2 Å². The van der Waals surface area contributed by atoms with Gasteiger partial charge in [-0.05, 0) is 72.8 Å². The number of halogens is 3. The Hall–Kier alpha value is -3.04. The highest BCUT2D eigenvalue weighted by molar-refractivity contribution is 8.06. The van der Waals surface area contributed by atoms with Gasteiger partial charge >= 0.3 is 0 Å². The Morgan fingerprint density at radius 3 is 1.43 bits per heavy atom. The third-order valence-corrected chi connectivity index (χ3v) is 12.3. The molecule has 40 heavy (non-hydrogen) atoms. The minimum absolute atomic E-state index is 0. The summed E-state index contributed by atoms with van der Waals surface area (Å²) in [7, 11) is -2.67. The van der Waals surface area contributed by atoms with Crippen molar-refractivity contribution in [3.63, 3.8) is 0 Å². The van der Waals surface area contributed by atoms with E-state index in [4.69, 9.17) is 23.2 Å². The Kier molecular flexibility index (Phi) is 10.5. The Labute approximate surface area is 256 Å². The Morgan fingerprint density at radius 1 is 0.600 bits per heavy atom. The van der Waals surface area contributed by atoms with Gasteiger partial charge in [0.25, 0.3) is 5.91 Å². The number of hydrogen-bond acceptors (Lipinski definition) is 2. The van der Waals surface area contributed by atoms with Crippen LogP contribution in [-0.2, 0) is 0 Å². The van der Waals surface area contributed by atoms with Crippen LogP contribution in [0.5, 0.6) is 0 Å². The van der Waals surface area contributed by atoms with Crippen LogP contribution in [0, 0.1) is 0 Å². The van der Waals surface area contributed by atoms with Crippen LogP contribution in [0.3, 0.4) is 0 Å². The van der Waals surface area contributed by atoms with Gasteiger partial charge < -0.3 is 12.4 Å². The summed E-state index contributed by atoms with van der Waals surface area (Å²) in [6.45, 7) is 0. The summed E-state index contributed by atoms with van der Waals surface area (Å²) in [5, 5.41) is 7.21. The van der Waals surface area contributed by atoms with E-state index in [2.05, 4.69) is 41.7 Å². The Bertz CT molecular complexity index is 1470. The summed E-state index contributed by atoms with van der Waals surface area (Å²) in [6, 6.07) is 47.7. The number of thioether (sulfide) groups is 1. The zero-order valence-electron chi connectivity index (χ0n) is 21.3. The third-order valence-electron chi connectivity index (χ3n) is 6.24. The molecule has 0 saturated heterocycles. The van der Waals surface area contributed by atoms with Crippen molar-refractivity contribution in [1.29, 1.82) is 0 Å². The summed E-state index contributed by atoms with van der Waals surface area (Å²) in [5.41, 5.74) is 1.24. The zero-order chi connectivity index (χ0) is 27.1. The molecule has 0 aliphatic carbocycles. The lowest BCUT2D eigenvalue weighted by Gasteiger charge is -2.30. The number of hydrogen-bond donors (Lipinski definition) is 1. The summed E-state index contributed by atoms with van der Waals surface area (Å²) >= 11 is 14.9. The van der Waals surface area contributed by atoms with E-state index >= 15 is 0 Å². The topological polar surface area (TPSA) is 29.1 Å². The van der Waals surface area contributed by atoms with Crippen LogP contribution in [0.1, 0.15) is 10.4 Å². The molecule has 200 valence electrons. The van der Waals surface area contributed by atoms with Gasteiger partial charge in [-0.1, -0.05) is 108 Å². The zero-order valence-corrected chi connectivity index (χ0v) is 25.2. The van der Waals surface area contributed by atoms with E-state index in [1.807, 2.05) is 97.1 Å². The Morgan fingerprint density at radius 2 is 1.00 bits per heavy atom. The van der Waals surface area contributed by atoms with Crippen molar-refractivity contribution in [2.75, 3.05) is 0 Å². The number of nitrogens with one attached hydrogen (secondary N) is 1. The summed E-state index contributed by atoms with van der Waals surface area (Å²) in [6.07, 6.45) is 0. The summed E-state index contributed by atoms with van der Waals surface area (Å²) in [5.74, 6) is -0.215. The highest BCUT2D eigenvalue weighted by Crippen LogP contribution is 2.64. The van der Waals surface area contributed by atoms with Crippen LogP contribution in [-0.4, -0.2) is 5.91 Å². The maximum Gasteiger partial charge on any atom is 0.258 e. The average molecular weight is 621 g/mol. The predicted molar refractivity (Wildman–Crippen MR) is 169 cm³/mol. The number of rotatable bonds is 8. The van der Waals surface area contributed by atoms with E-state index in [9.17, 15) is 4.79 Å². The first-order valence-corrected chi connectivity index (χ1v) is 15.7. The van der Waals surface area contributed by atoms with Crippen molar-refractivity contribution in [3.05, 3.63) is 166 Å². The molecule has 1 amide bonds. The molecule has 0 saturated carbocycles. The van der Waals surface area contributed by atoms with E-state index < -0.39 is 7.26 Å².